The van der Waals surface area contributed by atoms with Crippen LogP contribution in [0.4, 0.5) is 0 Å². The number of carbonyl (C=O) groups excluding carboxylic acids is 2. The standard InChI is InChI=1S/C14H17NO4S/c1-18-14(17)10-20-12-6-7-15(9-12)13(16)5-4-11-3-2-8-19-11/h2-5,8,12H,6-7,9-10H2,1H3. The molecule has 2 rings (SSSR count). The Labute approximate surface area is 121 Å². The Kier molecular flexibility index (Phi) is 5.29. The molecular weight excluding hydrogens is 278 g/mol. The molecule has 6 heteroatoms. The van der Waals surface area contributed by atoms with E-state index in [0.29, 0.717) is 23.3 Å². The monoisotopic (exact) mass is 295 g/mol. The van der Waals surface area contributed by atoms with Gasteiger partial charge >= 0.3 is 5.97 Å². The maximum absolute atomic E-state index is 12.0. The van der Waals surface area contributed by atoms with Gasteiger partial charge in [0.1, 0.15) is 5.76 Å². The molecule has 1 aliphatic heterocycles. The van der Waals surface area contributed by atoms with Crippen molar-refractivity contribution in [3.63, 3.8) is 0 Å². The molecule has 1 amide bonds. The van der Waals surface area contributed by atoms with Gasteiger partial charge in [0.25, 0.3) is 0 Å². The molecule has 0 spiro atoms. The molecule has 0 bridgehead atoms. The Morgan fingerprint density at radius 3 is 3.15 bits per heavy atom. The zero-order chi connectivity index (χ0) is 14.4. The minimum absolute atomic E-state index is 0.0254. The zero-order valence-electron chi connectivity index (χ0n) is 11.3. The maximum Gasteiger partial charge on any atom is 0.315 e. The minimum Gasteiger partial charge on any atom is -0.468 e. The number of carbonyl (C=O) groups is 2. The Hall–Kier alpha value is -1.69. The van der Waals surface area contributed by atoms with E-state index in [-0.39, 0.29) is 11.9 Å². The number of likely N-dealkylation sites (tertiary alicyclic amines) is 1. The van der Waals surface area contributed by atoms with E-state index in [2.05, 4.69) is 4.74 Å². The number of amides is 1. The Morgan fingerprint density at radius 2 is 2.45 bits per heavy atom. The first kappa shape index (κ1) is 14.7. The summed E-state index contributed by atoms with van der Waals surface area (Å²) in [7, 11) is 1.38. The number of furan rings is 1. The summed E-state index contributed by atoms with van der Waals surface area (Å²) < 4.78 is 9.73. The van der Waals surface area contributed by atoms with Crippen molar-refractivity contribution in [2.45, 2.75) is 11.7 Å². The molecule has 20 heavy (non-hydrogen) atoms. The summed E-state index contributed by atoms with van der Waals surface area (Å²) in [6.45, 7) is 1.39. The second-order valence-electron chi connectivity index (χ2n) is 4.43. The fraction of sp³-hybridized carbons (Fsp3) is 0.429. The first-order valence-corrected chi connectivity index (χ1v) is 7.43. The van der Waals surface area contributed by atoms with Crippen LogP contribution in [0.15, 0.2) is 28.9 Å². The summed E-state index contributed by atoms with van der Waals surface area (Å²) in [4.78, 5) is 24.8. The normalized spacial score (nSPS) is 18.6. The van der Waals surface area contributed by atoms with E-state index >= 15 is 0 Å². The highest BCUT2D eigenvalue weighted by molar-refractivity contribution is 8.00. The van der Waals surface area contributed by atoms with Gasteiger partial charge in [-0.25, -0.2) is 0 Å². The Morgan fingerprint density at radius 1 is 1.60 bits per heavy atom. The van der Waals surface area contributed by atoms with E-state index in [1.165, 1.54) is 13.2 Å². The van der Waals surface area contributed by atoms with Crippen molar-refractivity contribution in [3.05, 3.63) is 30.2 Å². The topological polar surface area (TPSA) is 59.8 Å². The molecule has 2 heterocycles. The van der Waals surface area contributed by atoms with Crippen molar-refractivity contribution in [1.29, 1.82) is 0 Å². The van der Waals surface area contributed by atoms with Crippen molar-refractivity contribution in [2.75, 3.05) is 26.0 Å². The number of methoxy groups -OCH3 is 1. The number of hydrogen-bond acceptors (Lipinski definition) is 5. The molecule has 0 aliphatic carbocycles. The lowest BCUT2D eigenvalue weighted by Crippen LogP contribution is -2.27. The summed E-state index contributed by atoms with van der Waals surface area (Å²) in [5.41, 5.74) is 0. The number of nitrogens with zero attached hydrogens (tertiary/aromatic N) is 1. The zero-order valence-corrected chi connectivity index (χ0v) is 12.1. The van der Waals surface area contributed by atoms with E-state index in [4.69, 9.17) is 4.42 Å². The highest BCUT2D eigenvalue weighted by atomic mass is 32.2. The Balaban J connectivity index is 1.77. The lowest BCUT2D eigenvalue weighted by atomic mass is 10.3. The summed E-state index contributed by atoms with van der Waals surface area (Å²) in [5.74, 6) is 0.750. The average molecular weight is 295 g/mol. The van der Waals surface area contributed by atoms with Gasteiger partial charge < -0.3 is 14.1 Å². The molecule has 1 fully saturated rings. The van der Waals surface area contributed by atoms with Crippen molar-refractivity contribution in [2.24, 2.45) is 0 Å². The third-order valence-electron chi connectivity index (χ3n) is 3.05. The van der Waals surface area contributed by atoms with E-state index in [1.807, 2.05) is 0 Å². The van der Waals surface area contributed by atoms with Gasteiger partial charge in [0.2, 0.25) is 5.91 Å². The smallest absolute Gasteiger partial charge is 0.315 e. The van der Waals surface area contributed by atoms with Gasteiger partial charge in [-0.05, 0) is 24.6 Å². The van der Waals surface area contributed by atoms with Crippen molar-refractivity contribution < 1.29 is 18.7 Å². The van der Waals surface area contributed by atoms with Crippen LogP contribution in [0.1, 0.15) is 12.2 Å². The summed E-state index contributed by atoms with van der Waals surface area (Å²) in [6.07, 6.45) is 5.66. The lowest BCUT2D eigenvalue weighted by Gasteiger charge is -2.13. The molecule has 1 aliphatic rings. The molecule has 1 aromatic rings. The second kappa shape index (κ2) is 7.19. The van der Waals surface area contributed by atoms with Crippen molar-refractivity contribution in [3.8, 4) is 0 Å². The summed E-state index contributed by atoms with van der Waals surface area (Å²) in [6, 6.07) is 3.57. The molecule has 5 nitrogen and oxygen atoms in total. The van der Waals surface area contributed by atoms with Gasteiger partial charge in [-0.15, -0.1) is 11.8 Å². The summed E-state index contributed by atoms with van der Waals surface area (Å²) >= 11 is 1.54. The first-order chi connectivity index (χ1) is 9.69. The van der Waals surface area contributed by atoms with Crippen molar-refractivity contribution in [1.82, 2.24) is 4.90 Å². The lowest BCUT2D eigenvalue weighted by molar-refractivity contribution is -0.137. The van der Waals surface area contributed by atoms with Crippen LogP contribution in [-0.4, -0.2) is 48.0 Å². The van der Waals surface area contributed by atoms with Crippen LogP contribution in [-0.2, 0) is 14.3 Å². The average Bonchev–Trinajstić information content (AvgIpc) is 3.13. The highest BCUT2D eigenvalue weighted by Gasteiger charge is 2.25. The van der Waals surface area contributed by atoms with Crippen LogP contribution in [0.25, 0.3) is 6.08 Å². The third-order valence-corrected chi connectivity index (χ3v) is 4.31. The largest absolute Gasteiger partial charge is 0.468 e. The number of hydrogen-bond donors (Lipinski definition) is 0. The molecule has 0 aromatic carbocycles. The molecule has 1 aromatic heterocycles. The van der Waals surface area contributed by atoms with Crippen molar-refractivity contribution >= 4 is 29.7 Å². The van der Waals surface area contributed by atoms with Gasteiger partial charge in [0.15, 0.2) is 0 Å². The van der Waals surface area contributed by atoms with Gasteiger partial charge in [-0.3, -0.25) is 9.59 Å². The predicted octanol–water partition coefficient (Wildman–Crippen LogP) is 1.80. The molecule has 0 N–H and O–H groups in total. The van der Waals surface area contributed by atoms with Crippen LogP contribution in [0.5, 0.6) is 0 Å². The van der Waals surface area contributed by atoms with Crippen LogP contribution in [0, 0.1) is 0 Å². The fourth-order valence-electron chi connectivity index (χ4n) is 1.95. The SMILES string of the molecule is COC(=O)CSC1CCN(C(=O)C=Cc2ccco2)C1. The number of ether oxygens (including phenoxy) is 1. The number of esters is 1. The molecule has 1 saturated heterocycles. The van der Waals surface area contributed by atoms with Gasteiger partial charge in [-0.2, -0.15) is 0 Å². The third kappa shape index (κ3) is 4.16. The summed E-state index contributed by atoms with van der Waals surface area (Å²) in [5, 5.41) is 0.301. The number of thioether (sulfide) groups is 1. The molecule has 1 atom stereocenters. The van der Waals surface area contributed by atoms with Crippen LogP contribution in [0.3, 0.4) is 0 Å². The van der Waals surface area contributed by atoms with Gasteiger partial charge in [0.05, 0.1) is 19.1 Å². The molecular formula is C14H17NO4S. The second-order valence-corrected chi connectivity index (χ2v) is 5.72. The van der Waals surface area contributed by atoms with Gasteiger partial charge in [-0.1, -0.05) is 0 Å². The van der Waals surface area contributed by atoms with E-state index in [1.54, 1.807) is 41.1 Å². The molecule has 0 radical (unpaired) electrons. The quantitative estimate of drug-likeness (QED) is 0.612. The molecule has 1 unspecified atom stereocenters. The van der Waals surface area contributed by atoms with E-state index in [0.717, 1.165) is 13.0 Å². The fourth-order valence-corrected chi connectivity index (χ4v) is 3.00. The van der Waals surface area contributed by atoms with Crippen LogP contribution >= 0.6 is 11.8 Å². The first-order valence-electron chi connectivity index (χ1n) is 6.38. The maximum atomic E-state index is 12.0. The van der Waals surface area contributed by atoms with E-state index < -0.39 is 0 Å². The van der Waals surface area contributed by atoms with Crippen LogP contribution < -0.4 is 0 Å². The molecule has 108 valence electrons. The van der Waals surface area contributed by atoms with Crippen LogP contribution in [0.2, 0.25) is 0 Å². The number of rotatable bonds is 5. The van der Waals surface area contributed by atoms with Gasteiger partial charge in [0, 0.05) is 24.4 Å². The van der Waals surface area contributed by atoms with E-state index in [9.17, 15) is 9.59 Å². The highest BCUT2D eigenvalue weighted by Crippen LogP contribution is 2.23. The molecule has 0 saturated carbocycles. The Bertz CT molecular complexity index is 483. The predicted molar refractivity (Wildman–Crippen MR) is 77.2 cm³/mol. The minimum atomic E-state index is -0.225.